The fourth-order valence-electron chi connectivity index (χ4n) is 1.55. The molecule has 3 heteroatoms. The average Bonchev–Trinajstić information content (AvgIpc) is 2.60. The van der Waals surface area contributed by atoms with E-state index in [1.165, 1.54) is 10.3 Å². The van der Waals surface area contributed by atoms with Crippen molar-refractivity contribution in [1.29, 1.82) is 0 Å². The fourth-order valence-corrected chi connectivity index (χ4v) is 2.58. The maximum absolute atomic E-state index is 4.67. The number of para-hydroxylation sites is 1. The van der Waals surface area contributed by atoms with Crippen LogP contribution in [0.4, 0.5) is 5.13 Å². The van der Waals surface area contributed by atoms with Crippen LogP contribution in [0.5, 0.6) is 0 Å². The molecular weight excluding hydrogens is 228 g/mol. The Labute approximate surface area is 107 Å². The zero-order chi connectivity index (χ0) is 12.6. The number of anilines is 1. The number of benzene rings is 1. The van der Waals surface area contributed by atoms with Crippen LogP contribution in [0, 0.1) is 12.3 Å². The van der Waals surface area contributed by atoms with E-state index in [0.29, 0.717) is 6.04 Å². The van der Waals surface area contributed by atoms with E-state index < -0.39 is 0 Å². The van der Waals surface area contributed by atoms with Crippen molar-refractivity contribution in [2.24, 2.45) is 5.41 Å². The first-order chi connectivity index (χ1) is 7.88. The highest BCUT2D eigenvalue weighted by Gasteiger charge is 2.20. The standard InChI is InChI=1S/C14H20N2S/c1-9-7-6-8-11-12(9)16-13(17-11)15-10(2)14(3,4)5/h6-8,10H,1-5H3,(H,15,16). The summed E-state index contributed by atoms with van der Waals surface area (Å²) in [6.45, 7) is 11.0. The molecule has 0 aliphatic rings. The van der Waals surface area contributed by atoms with Crippen molar-refractivity contribution >= 4 is 26.7 Å². The highest BCUT2D eigenvalue weighted by Crippen LogP contribution is 2.30. The predicted octanol–water partition coefficient (Wildman–Crippen LogP) is 4.45. The number of rotatable bonds is 2. The van der Waals surface area contributed by atoms with Crippen LogP contribution in [0.2, 0.25) is 0 Å². The van der Waals surface area contributed by atoms with Crippen LogP contribution in [-0.4, -0.2) is 11.0 Å². The molecule has 1 heterocycles. The summed E-state index contributed by atoms with van der Waals surface area (Å²) < 4.78 is 1.26. The highest BCUT2D eigenvalue weighted by molar-refractivity contribution is 7.22. The molecule has 0 saturated carbocycles. The number of nitrogens with zero attached hydrogens (tertiary/aromatic N) is 1. The third kappa shape index (κ3) is 2.60. The summed E-state index contributed by atoms with van der Waals surface area (Å²) in [6, 6.07) is 6.74. The number of aryl methyl sites for hydroxylation is 1. The van der Waals surface area contributed by atoms with Crippen molar-refractivity contribution in [2.45, 2.75) is 40.7 Å². The molecule has 2 nitrogen and oxygen atoms in total. The lowest BCUT2D eigenvalue weighted by Gasteiger charge is -2.27. The number of fused-ring (bicyclic) bond motifs is 1. The van der Waals surface area contributed by atoms with E-state index in [-0.39, 0.29) is 5.41 Å². The second-order valence-corrected chi connectivity index (χ2v) is 6.70. The molecule has 0 fully saturated rings. The predicted molar refractivity (Wildman–Crippen MR) is 76.9 cm³/mol. The first-order valence-corrected chi connectivity index (χ1v) is 6.82. The van der Waals surface area contributed by atoms with E-state index in [9.17, 15) is 0 Å². The molecule has 0 aliphatic carbocycles. The van der Waals surface area contributed by atoms with Crippen molar-refractivity contribution in [3.63, 3.8) is 0 Å². The minimum Gasteiger partial charge on any atom is -0.359 e. The van der Waals surface area contributed by atoms with Gasteiger partial charge in [-0.05, 0) is 30.9 Å². The molecule has 2 rings (SSSR count). The molecule has 0 radical (unpaired) electrons. The highest BCUT2D eigenvalue weighted by atomic mass is 32.1. The third-order valence-electron chi connectivity index (χ3n) is 3.26. The fraction of sp³-hybridized carbons (Fsp3) is 0.500. The van der Waals surface area contributed by atoms with Crippen LogP contribution in [0.15, 0.2) is 18.2 Å². The van der Waals surface area contributed by atoms with Gasteiger partial charge in [-0.25, -0.2) is 4.98 Å². The molecule has 0 saturated heterocycles. The topological polar surface area (TPSA) is 24.9 Å². The van der Waals surface area contributed by atoms with Crippen LogP contribution in [-0.2, 0) is 0 Å². The van der Waals surface area contributed by atoms with E-state index in [0.717, 1.165) is 10.6 Å². The van der Waals surface area contributed by atoms with Gasteiger partial charge < -0.3 is 5.32 Å². The van der Waals surface area contributed by atoms with Crippen LogP contribution >= 0.6 is 11.3 Å². The Kier molecular flexibility index (Phi) is 3.13. The maximum Gasteiger partial charge on any atom is 0.184 e. The van der Waals surface area contributed by atoms with E-state index in [1.54, 1.807) is 11.3 Å². The monoisotopic (exact) mass is 248 g/mol. The van der Waals surface area contributed by atoms with Crippen LogP contribution < -0.4 is 5.32 Å². The van der Waals surface area contributed by atoms with Gasteiger partial charge in [0.2, 0.25) is 0 Å². The van der Waals surface area contributed by atoms with Crippen molar-refractivity contribution in [3.05, 3.63) is 23.8 Å². The van der Waals surface area contributed by atoms with Gasteiger partial charge in [0.25, 0.3) is 0 Å². The first-order valence-electron chi connectivity index (χ1n) is 6.00. The van der Waals surface area contributed by atoms with Gasteiger partial charge >= 0.3 is 0 Å². The van der Waals surface area contributed by atoms with Gasteiger partial charge in [0.05, 0.1) is 10.2 Å². The number of aromatic nitrogens is 1. The Hall–Kier alpha value is -1.09. The Morgan fingerprint density at radius 1 is 1.29 bits per heavy atom. The van der Waals surface area contributed by atoms with Gasteiger partial charge in [-0.3, -0.25) is 0 Å². The SMILES string of the molecule is Cc1cccc2sc(NC(C)C(C)(C)C)nc12. The minimum absolute atomic E-state index is 0.243. The summed E-state index contributed by atoms with van der Waals surface area (Å²) in [5.74, 6) is 0. The van der Waals surface area contributed by atoms with Gasteiger partial charge in [-0.2, -0.15) is 0 Å². The molecule has 0 spiro atoms. The van der Waals surface area contributed by atoms with Crippen molar-refractivity contribution in [1.82, 2.24) is 4.98 Å². The van der Waals surface area contributed by atoms with Gasteiger partial charge in [0.15, 0.2) is 5.13 Å². The number of nitrogens with one attached hydrogen (secondary N) is 1. The molecule has 2 aromatic rings. The Balaban J connectivity index is 2.29. The van der Waals surface area contributed by atoms with Gasteiger partial charge in [0.1, 0.15) is 0 Å². The summed E-state index contributed by atoms with van der Waals surface area (Å²) in [7, 11) is 0. The second kappa shape index (κ2) is 4.30. The van der Waals surface area contributed by atoms with E-state index in [2.05, 4.69) is 63.1 Å². The molecule has 0 bridgehead atoms. The summed E-state index contributed by atoms with van der Waals surface area (Å²) >= 11 is 1.73. The molecule has 1 N–H and O–H groups in total. The largest absolute Gasteiger partial charge is 0.359 e. The molecule has 0 amide bonds. The summed E-state index contributed by atoms with van der Waals surface area (Å²) in [5, 5.41) is 4.53. The van der Waals surface area contributed by atoms with Crippen molar-refractivity contribution in [3.8, 4) is 0 Å². The molecule has 1 aromatic heterocycles. The molecule has 1 aromatic carbocycles. The minimum atomic E-state index is 0.243. The third-order valence-corrected chi connectivity index (χ3v) is 4.21. The maximum atomic E-state index is 4.67. The molecular formula is C14H20N2S. The lowest BCUT2D eigenvalue weighted by molar-refractivity contribution is 0.359. The van der Waals surface area contributed by atoms with Gasteiger partial charge in [0, 0.05) is 6.04 Å². The Morgan fingerprint density at radius 2 is 2.00 bits per heavy atom. The molecule has 0 aliphatic heterocycles. The summed E-state index contributed by atoms with van der Waals surface area (Å²) in [4.78, 5) is 4.67. The van der Waals surface area contributed by atoms with E-state index in [1.807, 2.05) is 0 Å². The quantitative estimate of drug-likeness (QED) is 0.849. The van der Waals surface area contributed by atoms with Crippen LogP contribution in [0.1, 0.15) is 33.3 Å². The Bertz CT molecular complexity index is 522. The smallest absolute Gasteiger partial charge is 0.184 e. The van der Waals surface area contributed by atoms with Crippen molar-refractivity contribution in [2.75, 3.05) is 5.32 Å². The van der Waals surface area contributed by atoms with Gasteiger partial charge in [-0.1, -0.05) is 44.2 Å². The molecule has 1 atom stereocenters. The van der Waals surface area contributed by atoms with E-state index in [4.69, 9.17) is 0 Å². The average molecular weight is 248 g/mol. The Morgan fingerprint density at radius 3 is 2.59 bits per heavy atom. The zero-order valence-electron chi connectivity index (χ0n) is 11.2. The first kappa shape index (κ1) is 12.4. The lowest BCUT2D eigenvalue weighted by atomic mass is 9.88. The van der Waals surface area contributed by atoms with Crippen LogP contribution in [0.3, 0.4) is 0 Å². The normalized spacial score (nSPS) is 13.9. The number of hydrogen-bond donors (Lipinski definition) is 1. The number of hydrogen-bond acceptors (Lipinski definition) is 3. The molecule has 1 unspecified atom stereocenters. The van der Waals surface area contributed by atoms with Gasteiger partial charge in [-0.15, -0.1) is 0 Å². The lowest BCUT2D eigenvalue weighted by Crippen LogP contribution is -2.30. The number of thiazole rings is 1. The summed E-state index contributed by atoms with van der Waals surface area (Å²) in [5.41, 5.74) is 2.61. The van der Waals surface area contributed by atoms with E-state index >= 15 is 0 Å². The second-order valence-electron chi connectivity index (χ2n) is 5.67. The van der Waals surface area contributed by atoms with Crippen molar-refractivity contribution < 1.29 is 0 Å². The molecule has 92 valence electrons. The summed E-state index contributed by atoms with van der Waals surface area (Å²) in [6.07, 6.45) is 0. The zero-order valence-corrected chi connectivity index (χ0v) is 12.0. The van der Waals surface area contributed by atoms with Crippen LogP contribution in [0.25, 0.3) is 10.2 Å². The molecule has 17 heavy (non-hydrogen) atoms.